The van der Waals surface area contributed by atoms with Crippen LogP contribution in [0.2, 0.25) is 0 Å². The smallest absolute Gasteiger partial charge is 0.230 e. The Kier molecular flexibility index (Phi) is 6.21. The minimum atomic E-state index is 0.171. The van der Waals surface area contributed by atoms with E-state index in [2.05, 4.69) is 19.2 Å². The summed E-state index contributed by atoms with van der Waals surface area (Å²) < 4.78 is 0. The lowest BCUT2D eigenvalue weighted by Gasteiger charge is -2.27. The number of carbonyl (C=O) groups excluding carboxylic acids is 1. The summed E-state index contributed by atoms with van der Waals surface area (Å²) in [6.07, 6.45) is 4.78. The van der Waals surface area contributed by atoms with E-state index in [1.807, 2.05) is 0 Å². The monoisotopic (exact) mass is 244 g/mol. The fourth-order valence-electron chi connectivity index (χ4n) is 1.96. The molecule has 3 N–H and O–H groups in total. The number of amides is 1. The van der Waals surface area contributed by atoms with Gasteiger partial charge in [-0.3, -0.25) is 4.79 Å². The zero-order chi connectivity index (χ0) is 12.0. The molecule has 0 heterocycles. The van der Waals surface area contributed by atoms with Crippen LogP contribution < -0.4 is 11.1 Å². The molecule has 1 rings (SSSR count). The van der Waals surface area contributed by atoms with E-state index in [-0.39, 0.29) is 5.91 Å². The Morgan fingerprint density at radius 2 is 2.06 bits per heavy atom. The Bertz CT molecular complexity index is 215. The number of nitrogens with one attached hydrogen (secondary N) is 1. The summed E-state index contributed by atoms with van der Waals surface area (Å²) in [5.74, 6) is 1.55. The van der Waals surface area contributed by atoms with Gasteiger partial charge in [-0.15, -0.1) is 11.8 Å². The van der Waals surface area contributed by atoms with Crippen LogP contribution in [0.3, 0.4) is 0 Å². The molecule has 1 amide bonds. The van der Waals surface area contributed by atoms with Crippen LogP contribution in [0.1, 0.15) is 39.5 Å². The third-order valence-corrected chi connectivity index (χ3v) is 4.40. The van der Waals surface area contributed by atoms with Gasteiger partial charge in [0.15, 0.2) is 0 Å². The molecule has 1 atom stereocenters. The van der Waals surface area contributed by atoms with Crippen molar-refractivity contribution < 1.29 is 4.79 Å². The first-order valence-electron chi connectivity index (χ1n) is 6.22. The molecular formula is C12H24N2OS. The van der Waals surface area contributed by atoms with Gasteiger partial charge in [0.1, 0.15) is 0 Å². The largest absolute Gasteiger partial charge is 0.353 e. The highest BCUT2D eigenvalue weighted by atomic mass is 32.2. The van der Waals surface area contributed by atoms with Crippen LogP contribution in [0, 0.1) is 5.92 Å². The number of thioether (sulfide) groups is 1. The minimum absolute atomic E-state index is 0.171. The molecule has 0 aromatic heterocycles. The summed E-state index contributed by atoms with van der Waals surface area (Å²) in [7, 11) is 0. The van der Waals surface area contributed by atoms with Crippen molar-refractivity contribution >= 4 is 17.7 Å². The van der Waals surface area contributed by atoms with Crippen molar-refractivity contribution in [1.29, 1.82) is 0 Å². The second kappa shape index (κ2) is 7.17. The van der Waals surface area contributed by atoms with Crippen LogP contribution in [0.4, 0.5) is 0 Å². The molecule has 0 aliphatic heterocycles. The minimum Gasteiger partial charge on any atom is -0.353 e. The van der Waals surface area contributed by atoms with Gasteiger partial charge in [-0.05, 0) is 31.6 Å². The fourth-order valence-corrected chi connectivity index (χ4v) is 2.62. The van der Waals surface area contributed by atoms with Gasteiger partial charge in [0.2, 0.25) is 5.91 Å². The van der Waals surface area contributed by atoms with E-state index in [0.717, 1.165) is 18.8 Å². The van der Waals surface area contributed by atoms with Gasteiger partial charge >= 0.3 is 0 Å². The lowest BCUT2D eigenvalue weighted by molar-refractivity contribution is -0.119. The van der Waals surface area contributed by atoms with E-state index in [1.54, 1.807) is 11.8 Å². The molecule has 16 heavy (non-hydrogen) atoms. The van der Waals surface area contributed by atoms with Crippen LogP contribution >= 0.6 is 11.8 Å². The SMILES string of the molecule is CC1CCC(NC(=O)CSC(C)CN)CC1. The Balaban J connectivity index is 2.14. The van der Waals surface area contributed by atoms with E-state index in [9.17, 15) is 4.79 Å². The van der Waals surface area contributed by atoms with Crippen LogP contribution in [-0.4, -0.2) is 29.5 Å². The van der Waals surface area contributed by atoms with Crippen molar-refractivity contribution in [2.75, 3.05) is 12.3 Å². The first kappa shape index (κ1) is 13.8. The zero-order valence-corrected chi connectivity index (χ0v) is 11.2. The molecule has 0 radical (unpaired) electrons. The maximum absolute atomic E-state index is 11.6. The van der Waals surface area contributed by atoms with E-state index in [1.165, 1.54) is 12.8 Å². The molecule has 0 aromatic carbocycles. The van der Waals surface area contributed by atoms with Gasteiger partial charge < -0.3 is 11.1 Å². The zero-order valence-electron chi connectivity index (χ0n) is 10.4. The molecule has 3 nitrogen and oxygen atoms in total. The lowest BCUT2D eigenvalue weighted by Crippen LogP contribution is -2.38. The van der Waals surface area contributed by atoms with Gasteiger partial charge in [-0.2, -0.15) is 0 Å². The summed E-state index contributed by atoms with van der Waals surface area (Å²) in [5.41, 5.74) is 5.51. The standard InChI is InChI=1S/C12H24N2OS/c1-9-3-5-11(6-4-9)14-12(15)8-16-10(2)7-13/h9-11H,3-8,13H2,1-2H3,(H,14,15). The molecule has 1 saturated carbocycles. The Morgan fingerprint density at radius 1 is 1.44 bits per heavy atom. The average molecular weight is 244 g/mol. The van der Waals surface area contributed by atoms with E-state index in [0.29, 0.717) is 23.6 Å². The third kappa shape index (κ3) is 5.21. The highest BCUT2D eigenvalue weighted by molar-refractivity contribution is 8.00. The number of hydrogen-bond acceptors (Lipinski definition) is 3. The molecular weight excluding hydrogens is 220 g/mol. The molecule has 0 aromatic rings. The van der Waals surface area contributed by atoms with Crippen molar-refractivity contribution in [2.45, 2.75) is 50.8 Å². The van der Waals surface area contributed by atoms with Crippen molar-refractivity contribution in [2.24, 2.45) is 11.7 Å². The lowest BCUT2D eigenvalue weighted by atomic mass is 9.87. The van der Waals surface area contributed by atoms with Crippen LogP contribution in [0.25, 0.3) is 0 Å². The van der Waals surface area contributed by atoms with Gasteiger partial charge in [-0.25, -0.2) is 0 Å². The predicted molar refractivity (Wildman–Crippen MR) is 70.5 cm³/mol. The van der Waals surface area contributed by atoms with Crippen LogP contribution in [0.15, 0.2) is 0 Å². The summed E-state index contributed by atoms with van der Waals surface area (Å²) >= 11 is 1.64. The predicted octanol–water partition coefficient (Wildman–Crippen LogP) is 1.76. The topological polar surface area (TPSA) is 55.1 Å². The molecule has 0 spiro atoms. The van der Waals surface area contributed by atoms with E-state index >= 15 is 0 Å². The molecule has 94 valence electrons. The van der Waals surface area contributed by atoms with Gasteiger partial charge in [0.05, 0.1) is 5.75 Å². The van der Waals surface area contributed by atoms with Gasteiger partial charge in [0, 0.05) is 17.8 Å². The Hall–Kier alpha value is -0.220. The van der Waals surface area contributed by atoms with Crippen molar-refractivity contribution in [3.05, 3.63) is 0 Å². The summed E-state index contributed by atoms with van der Waals surface area (Å²) in [6, 6.07) is 0.414. The molecule has 4 heteroatoms. The number of rotatable bonds is 5. The number of hydrogen-bond donors (Lipinski definition) is 2. The van der Waals surface area contributed by atoms with Crippen LogP contribution in [-0.2, 0) is 4.79 Å². The first-order valence-corrected chi connectivity index (χ1v) is 7.27. The van der Waals surface area contributed by atoms with Gasteiger partial charge in [-0.1, -0.05) is 13.8 Å². The molecule has 0 saturated heterocycles. The maximum atomic E-state index is 11.6. The highest BCUT2D eigenvalue weighted by Gasteiger charge is 2.19. The third-order valence-electron chi connectivity index (χ3n) is 3.21. The second-order valence-electron chi connectivity index (χ2n) is 4.88. The molecule has 1 fully saturated rings. The quantitative estimate of drug-likeness (QED) is 0.775. The molecule has 1 aliphatic rings. The van der Waals surface area contributed by atoms with Crippen molar-refractivity contribution in [3.8, 4) is 0 Å². The maximum Gasteiger partial charge on any atom is 0.230 e. The first-order chi connectivity index (χ1) is 7.61. The molecule has 1 aliphatic carbocycles. The second-order valence-corrected chi connectivity index (χ2v) is 6.31. The molecule has 1 unspecified atom stereocenters. The Labute approximate surface area is 103 Å². The number of nitrogens with two attached hydrogens (primary N) is 1. The van der Waals surface area contributed by atoms with Gasteiger partial charge in [0.25, 0.3) is 0 Å². The van der Waals surface area contributed by atoms with Crippen LogP contribution in [0.5, 0.6) is 0 Å². The normalized spacial score (nSPS) is 27.4. The number of carbonyl (C=O) groups is 1. The summed E-state index contributed by atoms with van der Waals surface area (Å²) in [6.45, 7) is 4.98. The Morgan fingerprint density at radius 3 is 2.62 bits per heavy atom. The summed E-state index contributed by atoms with van der Waals surface area (Å²) in [4.78, 5) is 11.6. The molecule has 0 bridgehead atoms. The fraction of sp³-hybridized carbons (Fsp3) is 0.917. The average Bonchev–Trinajstić information content (AvgIpc) is 2.29. The van der Waals surface area contributed by atoms with E-state index < -0.39 is 0 Å². The van der Waals surface area contributed by atoms with E-state index in [4.69, 9.17) is 5.73 Å². The van der Waals surface area contributed by atoms with Crippen molar-refractivity contribution in [1.82, 2.24) is 5.32 Å². The highest BCUT2D eigenvalue weighted by Crippen LogP contribution is 2.23. The summed E-state index contributed by atoms with van der Waals surface area (Å²) in [5, 5.41) is 3.49. The van der Waals surface area contributed by atoms with Crippen molar-refractivity contribution in [3.63, 3.8) is 0 Å².